The van der Waals surface area contributed by atoms with E-state index in [1.807, 2.05) is 13.8 Å². The number of benzene rings is 4. The average Bonchev–Trinajstić information content (AvgIpc) is 3.16. The summed E-state index contributed by atoms with van der Waals surface area (Å²) >= 11 is 0. The third kappa shape index (κ3) is 14.2. The van der Waals surface area contributed by atoms with Gasteiger partial charge >= 0.3 is 0 Å². The van der Waals surface area contributed by atoms with Crippen LogP contribution in [0.15, 0.2) is 60.7 Å². The van der Waals surface area contributed by atoms with E-state index in [0.29, 0.717) is 66.1 Å². The summed E-state index contributed by atoms with van der Waals surface area (Å²) in [5.41, 5.74) is 15.0. The Balaban J connectivity index is 1.75. The molecule has 0 heterocycles. The molecular formula is C56H80O6. The fourth-order valence-corrected chi connectivity index (χ4v) is 8.08. The van der Waals surface area contributed by atoms with Gasteiger partial charge in [0.1, 0.15) is 24.7 Å². The molecule has 340 valence electrons. The van der Waals surface area contributed by atoms with Crippen molar-refractivity contribution in [3.8, 4) is 11.5 Å². The second-order valence-corrected chi connectivity index (χ2v) is 21.3. The van der Waals surface area contributed by atoms with Crippen LogP contribution < -0.4 is 9.47 Å². The minimum atomic E-state index is -0.0553. The van der Waals surface area contributed by atoms with E-state index in [-0.39, 0.29) is 21.7 Å². The Bertz CT molecular complexity index is 1830. The Labute approximate surface area is 376 Å². The van der Waals surface area contributed by atoms with Gasteiger partial charge in [-0.05, 0) is 102 Å². The summed E-state index contributed by atoms with van der Waals surface area (Å²) in [4.78, 5) is 0. The van der Waals surface area contributed by atoms with Crippen LogP contribution in [0.1, 0.15) is 164 Å². The monoisotopic (exact) mass is 849 g/mol. The van der Waals surface area contributed by atoms with Gasteiger partial charge in [0.15, 0.2) is 0 Å². The summed E-state index contributed by atoms with van der Waals surface area (Å²) in [5, 5.41) is 0. The molecule has 1 aliphatic carbocycles. The fourth-order valence-electron chi connectivity index (χ4n) is 8.08. The Morgan fingerprint density at radius 2 is 0.565 bits per heavy atom. The van der Waals surface area contributed by atoms with Crippen LogP contribution in [-0.2, 0) is 66.3 Å². The van der Waals surface area contributed by atoms with Crippen molar-refractivity contribution in [2.45, 2.75) is 144 Å². The summed E-state index contributed by atoms with van der Waals surface area (Å²) in [7, 11) is 0. The topological polar surface area (TPSA) is 55.4 Å². The molecule has 0 N–H and O–H groups in total. The van der Waals surface area contributed by atoms with Gasteiger partial charge < -0.3 is 28.4 Å². The van der Waals surface area contributed by atoms with E-state index in [9.17, 15) is 0 Å². The highest BCUT2D eigenvalue weighted by Crippen LogP contribution is 2.40. The molecule has 0 amide bonds. The maximum atomic E-state index is 6.90. The van der Waals surface area contributed by atoms with Crippen LogP contribution in [0.2, 0.25) is 0 Å². The summed E-state index contributed by atoms with van der Waals surface area (Å²) in [6.45, 7) is 37.4. The van der Waals surface area contributed by atoms with E-state index in [0.717, 1.165) is 37.2 Å². The van der Waals surface area contributed by atoms with E-state index in [1.165, 1.54) is 66.8 Å². The van der Waals surface area contributed by atoms with Crippen molar-refractivity contribution >= 4 is 0 Å². The van der Waals surface area contributed by atoms with E-state index in [1.54, 1.807) is 0 Å². The van der Waals surface area contributed by atoms with Crippen molar-refractivity contribution in [3.63, 3.8) is 0 Å². The Morgan fingerprint density at radius 3 is 0.823 bits per heavy atom. The molecule has 0 saturated heterocycles. The quantitative estimate of drug-likeness (QED) is 0.0922. The fraction of sp³-hybridized carbons (Fsp3) is 0.571. The molecule has 0 spiro atoms. The van der Waals surface area contributed by atoms with Crippen molar-refractivity contribution in [3.05, 3.63) is 127 Å². The predicted molar refractivity (Wildman–Crippen MR) is 257 cm³/mol. The zero-order chi connectivity index (χ0) is 45.3. The van der Waals surface area contributed by atoms with E-state index in [4.69, 9.17) is 28.4 Å². The molecule has 4 aromatic carbocycles. The van der Waals surface area contributed by atoms with Gasteiger partial charge in [0.05, 0.1) is 39.6 Å². The third-order valence-electron chi connectivity index (χ3n) is 11.7. The molecule has 0 atom stereocenters. The number of fused-ring (bicyclic) bond motifs is 8. The van der Waals surface area contributed by atoms with Crippen LogP contribution in [0.3, 0.4) is 0 Å². The van der Waals surface area contributed by atoms with E-state index < -0.39 is 0 Å². The first-order valence-corrected chi connectivity index (χ1v) is 23.3. The van der Waals surface area contributed by atoms with E-state index >= 15 is 0 Å². The van der Waals surface area contributed by atoms with Crippen LogP contribution >= 0.6 is 0 Å². The lowest BCUT2D eigenvalue weighted by Crippen LogP contribution is -2.17. The number of hydrogen-bond donors (Lipinski definition) is 0. The first-order valence-electron chi connectivity index (χ1n) is 23.3. The molecule has 0 aromatic heterocycles. The average molecular weight is 849 g/mol. The lowest BCUT2D eigenvalue weighted by atomic mass is 9.79. The number of ether oxygens (including phenoxy) is 6. The second kappa shape index (κ2) is 21.3. The number of rotatable bonds is 16. The summed E-state index contributed by atoms with van der Waals surface area (Å²) in [6, 6.07) is 24.1. The highest BCUT2D eigenvalue weighted by molar-refractivity contribution is 5.55. The normalized spacial score (nSPS) is 13.6. The third-order valence-corrected chi connectivity index (χ3v) is 11.7. The molecule has 4 aromatic rings. The first-order chi connectivity index (χ1) is 29.1. The van der Waals surface area contributed by atoms with Crippen molar-refractivity contribution < 1.29 is 28.4 Å². The van der Waals surface area contributed by atoms with Gasteiger partial charge in [0, 0.05) is 38.9 Å². The molecule has 6 heteroatoms. The van der Waals surface area contributed by atoms with Crippen molar-refractivity contribution in [2.75, 3.05) is 66.1 Å². The zero-order valence-electron chi connectivity index (χ0n) is 41.1. The smallest absolute Gasteiger partial charge is 0.126 e. The minimum absolute atomic E-state index is 0.0494. The highest BCUT2D eigenvalue weighted by Gasteiger charge is 2.26. The first kappa shape index (κ1) is 49.3. The molecule has 0 radical (unpaired) electrons. The lowest BCUT2D eigenvalue weighted by Gasteiger charge is -2.27. The molecule has 8 bridgehead atoms. The number of hydrogen-bond acceptors (Lipinski definition) is 6. The molecule has 62 heavy (non-hydrogen) atoms. The SMILES string of the molecule is CCOCCOCCOc1c2cc(C(C)(C)C)cc1Cc1cc(cc(C(C)(C)C)c1)Cc1cc(C(C)(C)C)cc(c1OCCOCCOCC)Cc1cc(cc(C(C)(C)C)c1)C2. The maximum Gasteiger partial charge on any atom is 0.126 e. The molecule has 6 nitrogen and oxygen atoms in total. The maximum absolute atomic E-state index is 6.90. The molecule has 0 fully saturated rings. The summed E-state index contributed by atoms with van der Waals surface area (Å²) in [6.07, 6.45) is 2.99. The van der Waals surface area contributed by atoms with Crippen molar-refractivity contribution in [2.24, 2.45) is 0 Å². The predicted octanol–water partition coefficient (Wildman–Crippen LogP) is 12.4. The molecule has 0 aliphatic heterocycles. The largest absolute Gasteiger partial charge is 0.491 e. The van der Waals surface area contributed by atoms with Crippen LogP contribution in [-0.4, -0.2) is 66.1 Å². The lowest BCUT2D eigenvalue weighted by molar-refractivity contribution is 0.0402. The molecular weight excluding hydrogens is 769 g/mol. The van der Waals surface area contributed by atoms with Gasteiger partial charge in [-0.25, -0.2) is 0 Å². The minimum Gasteiger partial charge on any atom is -0.491 e. The van der Waals surface area contributed by atoms with Gasteiger partial charge in [-0.2, -0.15) is 0 Å². The van der Waals surface area contributed by atoms with Crippen molar-refractivity contribution in [1.29, 1.82) is 0 Å². The Morgan fingerprint density at radius 1 is 0.323 bits per heavy atom. The molecule has 1 aliphatic rings. The summed E-state index contributed by atoms with van der Waals surface area (Å²) < 4.78 is 36.8. The highest BCUT2D eigenvalue weighted by atomic mass is 16.5. The standard InChI is InChI=1S/C56H80O6/c1-15-57-17-19-59-21-23-61-51-43-27-39-25-41(33-47(31-39)53(3,4)5)29-45-37-50(56(12,13)14)38-46(52(45)62-24-22-60-20-18-58-16-2)30-42-26-40(32-48(34-42)54(6,7)8)28-44(51)36-49(35-43)55(9,10)11/h25-26,31-38H,15-24,27-30H2,1-14H3. The van der Waals surface area contributed by atoms with Gasteiger partial charge in [-0.1, -0.05) is 144 Å². The van der Waals surface area contributed by atoms with Gasteiger partial charge in [0.2, 0.25) is 0 Å². The molecule has 0 unspecified atom stereocenters. The Kier molecular flexibility index (Phi) is 17.0. The molecule has 5 rings (SSSR count). The van der Waals surface area contributed by atoms with Gasteiger partial charge in [-0.3, -0.25) is 0 Å². The van der Waals surface area contributed by atoms with Gasteiger partial charge in [0.25, 0.3) is 0 Å². The Hall–Kier alpha value is -3.68. The zero-order valence-corrected chi connectivity index (χ0v) is 41.1. The van der Waals surface area contributed by atoms with Gasteiger partial charge in [-0.15, -0.1) is 0 Å². The van der Waals surface area contributed by atoms with Crippen molar-refractivity contribution in [1.82, 2.24) is 0 Å². The van der Waals surface area contributed by atoms with Crippen LogP contribution in [0, 0.1) is 0 Å². The van der Waals surface area contributed by atoms with E-state index in [2.05, 4.69) is 144 Å². The van der Waals surface area contributed by atoms with Crippen LogP contribution in [0.5, 0.6) is 11.5 Å². The summed E-state index contributed by atoms with van der Waals surface area (Å²) in [5.74, 6) is 1.95. The van der Waals surface area contributed by atoms with Crippen LogP contribution in [0.25, 0.3) is 0 Å². The second-order valence-electron chi connectivity index (χ2n) is 21.3. The van der Waals surface area contributed by atoms with Crippen LogP contribution in [0.4, 0.5) is 0 Å². The molecule has 0 saturated carbocycles.